The average Bonchev–Trinajstić information content (AvgIpc) is 3.43. The zero-order valence-electron chi connectivity index (χ0n) is 19.6. The van der Waals surface area contributed by atoms with Gasteiger partial charge >= 0.3 is 6.18 Å². The number of rotatable bonds is 5. The van der Waals surface area contributed by atoms with Gasteiger partial charge in [0.1, 0.15) is 0 Å². The molecule has 0 unspecified atom stereocenters. The van der Waals surface area contributed by atoms with E-state index in [1.54, 1.807) is 24.4 Å². The second-order valence-electron chi connectivity index (χ2n) is 8.78. The summed E-state index contributed by atoms with van der Waals surface area (Å²) < 4.78 is 42.0. The summed E-state index contributed by atoms with van der Waals surface area (Å²) in [6.45, 7) is 3.78. The Labute approximate surface area is 220 Å². The van der Waals surface area contributed by atoms with Gasteiger partial charge in [-0.2, -0.15) is 23.3 Å². The van der Waals surface area contributed by atoms with Gasteiger partial charge in [-0.3, -0.25) is 14.4 Å². The van der Waals surface area contributed by atoms with Crippen molar-refractivity contribution in [3.63, 3.8) is 0 Å². The highest BCUT2D eigenvalue weighted by Crippen LogP contribution is 2.35. The highest BCUT2D eigenvalue weighted by Gasteiger charge is 2.34. The van der Waals surface area contributed by atoms with Gasteiger partial charge in [-0.05, 0) is 53.2 Å². The Morgan fingerprint density at radius 3 is 2.62 bits per heavy atom. The van der Waals surface area contributed by atoms with Crippen LogP contribution in [-0.2, 0) is 17.5 Å². The van der Waals surface area contributed by atoms with Crippen LogP contribution >= 0.6 is 23.4 Å². The van der Waals surface area contributed by atoms with E-state index in [-0.39, 0.29) is 29.6 Å². The Kier molecular flexibility index (Phi) is 7.30. The third-order valence-corrected chi connectivity index (χ3v) is 7.61. The van der Waals surface area contributed by atoms with Gasteiger partial charge in [-0.1, -0.05) is 23.7 Å². The molecule has 12 heteroatoms. The molecule has 3 aromatic rings. The van der Waals surface area contributed by atoms with Crippen molar-refractivity contribution in [2.24, 2.45) is 4.99 Å². The zero-order valence-corrected chi connectivity index (χ0v) is 21.2. The highest BCUT2D eigenvalue weighted by atomic mass is 35.5. The number of hydrogen-bond acceptors (Lipinski definition) is 6. The maximum atomic E-state index is 13.5. The molecule has 5 rings (SSSR count). The third-order valence-electron chi connectivity index (χ3n) is 6.33. The van der Waals surface area contributed by atoms with Crippen LogP contribution in [0.15, 0.2) is 52.5 Å². The number of hydrogen-bond donors (Lipinski definition) is 1. The van der Waals surface area contributed by atoms with Gasteiger partial charge in [0, 0.05) is 43.1 Å². The summed E-state index contributed by atoms with van der Waals surface area (Å²) in [5.74, 6) is -0.295. The predicted octanol–water partition coefficient (Wildman–Crippen LogP) is 4.34. The molecule has 1 aromatic heterocycles. The number of piperazine rings is 1. The fraction of sp³-hybridized carbons (Fsp3) is 0.320. The summed E-state index contributed by atoms with van der Waals surface area (Å²) in [6.07, 6.45) is -1.16. The van der Waals surface area contributed by atoms with E-state index in [4.69, 9.17) is 16.7 Å². The number of amidine groups is 1. The van der Waals surface area contributed by atoms with Gasteiger partial charge in [0.15, 0.2) is 5.17 Å². The molecule has 1 fully saturated rings. The van der Waals surface area contributed by atoms with Crippen molar-refractivity contribution in [1.82, 2.24) is 19.6 Å². The summed E-state index contributed by atoms with van der Waals surface area (Å²) in [7, 11) is 0. The lowest BCUT2D eigenvalue weighted by atomic mass is 10.1. The first-order chi connectivity index (χ1) is 17.7. The Balaban J connectivity index is 1.31. The Bertz CT molecular complexity index is 1400. The Hall–Kier alpha value is -2.86. The van der Waals surface area contributed by atoms with Crippen LogP contribution in [0.4, 0.5) is 13.2 Å². The van der Waals surface area contributed by atoms with E-state index in [9.17, 15) is 18.0 Å². The fourth-order valence-corrected chi connectivity index (χ4v) is 5.56. The summed E-state index contributed by atoms with van der Waals surface area (Å²) in [5, 5.41) is 14.8. The number of aliphatic hydroxyl groups excluding tert-OH is 1. The minimum Gasteiger partial charge on any atom is -0.395 e. The molecule has 0 saturated carbocycles. The fourth-order valence-electron chi connectivity index (χ4n) is 4.42. The van der Waals surface area contributed by atoms with Crippen LogP contribution in [0, 0.1) is 0 Å². The molecule has 0 atom stereocenters. The van der Waals surface area contributed by atoms with Gasteiger partial charge in [0.05, 0.1) is 35.3 Å². The first-order valence-electron chi connectivity index (χ1n) is 11.6. The molecule has 2 aliphatic rings. The monoisotopic (exact) mass is 549 g/mol. The summed E-state index contributed by atoms with van der Waals surface area (Å²) in [6, 6.07) is 9.16. The number of carbonyl (C=O) groups is 1. The van der Waals surface area contributed by atoms with Crippen LogP contribution < -0.4 is 0 Å². The number of aliphatic hydroxyl groups is 1. The average molecular weight is 550 g/mol. The maximum Gasteiger partial charge on any atom is 0.416 e. The molecule has 194 valence electrons. The quantitative estimate of drug-likeness (QED) is 0.477. The van der Waals surface area contributed by atoms with Gasteiger partial charge in [-0.15, -0.1) is 0 Å². The minimum atomic E-state index is -4.53. The molecule has 1 N–H and O–H groups in total. The molecule has 1 amide bonds. The van der Waals surface area contributed by atoms with E-state index < -0.39 is 11.7 Å². The van der Waals surface area contributed by atoms with Gasteiger partial charge in [-0.25, -0.2) is 0 Å². The molecule has 0 aliphatic carbocycles. The second kappa shape index (κ2) is 10.5. The van der Waals surface area contributed by atoms with Crippen LogP contribution in [0.25, 0.3) is 17.0 Å². The number of fused-ring (bicyclic) bond motifs is 1. The van der Waals surface area contributed by atoms with E-state index in [2.05, 4.69) is 19.9 Å². The molecule has 0 radical (unpaired) electrons. The van der Waals surface area contributed by atoms with Crippen LogP contribution in [-0.4, -0.2) is 75.1 Å². The third kappa shape index (κ3) is 5.69. The molecule has 3 heterocycles. The highest BCUT2D eigenvalue weighted by molar-refractivity contribution is 8.18. The molecule has 0 bridgehead atoms. The van der Waals surface area contributed by atoms with E-state index >= 15 is 0 Å². The molecular weight excluding hydrogens is 527 g/mol. The lowest BCUT2D eigenvalue weighted by Gasteiger charge is -2.34. The molecule has 7 nitrogen and oxygen atoms in total. The number of alkyl halides is 3. The normalized spacial score (nSPS) is 18.3. The van der Waals surface area contributed by atoms with Gasteiger partial charge in [0.25, 0.3) is 5.91 Å². The first-order valence-corrected chi connectivity index (χ1v) is 12.8. The minimum absolute atomic E-state index is 0.0227. The van der Waals surface area contributed by atoms with Gasteiger partial charge in [0.2, 0.25) is 0 Å². The van der Waals surface area contributed by atoms with Crippen molar-refractivity contribution in [1.29, 1.82) is 0 Å². The molecule has 1 saturated heterocycles. The summed E-state index contributed by atoms with van der Waals surface area (Å²) in [4.78, 5) is 21.5. The number of aliphatic imine (C=N–C) groups is 1. The SMILES string of the molecule is O=C1N=C(N2CCN(CCO)CC2)S/C1=C\c1ccc2c(cnn2Cc2ccc(Cl)cc2C(F)(F)F)c1. The topological polar surface area (TPSA) is 74.0 Å². The molecule has 37 heavy (non-hydrogen) atoms. The Morgan fingerprint density at radius 1 is 1.11 bits per heavy atom. The van der Waals surface area contributed by atoms with E-state index in [0.29, 0.717) is 22.1 Å². The molecular formula is C25H23ClF3N5O2S. The van der Waals surface area contributed by atoms with E-state index in [1.807, 2.05) is 6.07 Å². The second-order valence-corrected chi connectivity index (χ2v) is 10.2. The predicted molar refractivity (Wildman–Crippen MR) is 138 cm³/mol. The lowest BCUT2D eigenvalue weighted by molar-refractivity contribution is -0.138. The van der Waals surface area contributed by atoms with Crippen molar-refractivity contribution in [3.8, 4) is 0 Å². The summed E-state index contributed by atoms with van der Waals surface area (Å²) in [5.41, 5.74) is 0.734. The number of amides is 1. The maximum absolute atomic E-state index is 13.5. The zero-order chi connectivity index (χ0) is 26.2. The first kappa shape index (κ1) is 25.8. The van der Waals surface area contributed by atoms with Crippen molar-refractivity contribution >= 4 is 51.4 Å². The number of carbonyl (C=O) groups excluding carboxylic acids is 1. The van der Waals surface area contributed by atoms with Gasteiger partial charge < -0.3 is 10.0 Å². The molecule has 2 aliphatic heterocycles. The number of β-amino-alcohol motifs (C(OH)–C–C–N with tert-alkyl or cyclic N) is 1. The number of aromatic nitrogens is 2. The van der Waals surface area contributed by atoms with Crippen LogP contribution in [0.5, 0.6) is 0 Å². The number of nitrogens with zero attached hydrogens (tertiary/aromatic N) is 5. The number of benzene rings is 2. The molecule has 2 aromatic carbocycles. The Morgan fingerprint density at radius 2 is 1.89 bits per heavy atom. The lowest BCUT2D eigenvalue weighted by Crippen LogP contribution is -2.48. The number of halogens is 4. The van der Waals surface area contributed by atoms with Crippen molar-refractivity contribution in [2.45, 2.75) is 12.7 Å². The van der Waals surface area contributed by atoms with Crippen LogP contribution in [0.2, 0.25) is 5.02 Å². The van der Waals surface area contributed by atoms with Crippen molar-refractivity contribution in [3.05, 3.63) is 69.2 Å². The standard InChI is InChI=1S/C25H23ClF3N5O2S/c26-19-3-2-17(20(13-19)25(27,28)29)15-34-21-4-1-16(11-18(21)14-30-34)12-22-23(36)31-24(37-22)33-7-5-32(6-8-33)9-10-35/h1-4,11-14,35H,5-10,15H2/b22-12-. The number of thioether (sulfide) groups is 1. The van der Waals surface area contributed by atoms with E-state index in [1.165, 1.54) is 28.6 Å². The smallest absolute Gasteiger partial charge is 0.395 e. The van der Waals surface area contributed by atoms with E-state index in [0.717, 1.165) is 43.2 Å². The van der Waals surface area contributed by atoms with Crippen LogP contribution in [0.3, 0.4) is 0 Å². The molecule has 0 spiro atoms. The van der Waals surface area contributed by atoms with Crippen molar-refractivity contribution in [2.75, 3.05) is 39.3 Å². The summed E-state index contributed by atoms with van der Waals surface area (Å²) >= 11 is 7.13. The van der Waals surface area contributed by atoms with Crippen molar-refractivity contribution < 1.29 is 23.1 Å². The van der Waals surface area contributed by atoms with Crippen LogP contribution in [0.1, 0.15) is 16.7 Å². The largest absolute Gasteiger partial charge is 0.416 e.